The van der Waals surface area contributed by atoms with Crippen LogP contribution in [0.25, 0.3) is 10.8 Å². The number of fused-ring (bicyclic) bond motifs is 1. The van der Waals surface area contributed by atoms with Crippen LogP contribution in [0.3, 0.4) is 0 Å². The Morgan fingerprint density at radius 1 is 1.14 bits per heavy atom. The number of carbonyl (C=O) groups excluding carboxylic acids is 2. The van der Waals surface area contributed by atoms with Gasteiger partial charge < -0.3 is 10.1 Å². The first-order valence-corrected chi connectivity index (χ1v) is 6.65. The van der Waals surface area contributed by atoms with E-state index >= 15 is 0 Å². The summed E-state index contributed by atoms with van der Waals surface area (Å²) in [5.74, 6) is -2.00. The van der Waals surface area contributed by atoms with Crippen LogP contribution in [0.4, 0.5) is 8.78 Å². The first-order chi connectivity index (χ1) is 10.5. The normalized spacial score (nSPS) is 12.2. The number of amides is 1. The average molecular weight is 307 g/mol. The Kier molecular flexibility index (Phi) is 5.04. The van der Waals surface area contributed by atoms with Crippen LogP contribution >= 0.6 is 0 Å². The van der Waals surface area contributed by atoms with Gasteiger partial charge in [0, 0.05) is 0 Å². The van der Waals surface area contributed by atoms with E-state index in [1.165, 1.54) is 7.11 Å². The van der Waals surface area contributed by atoms with Gasteiger partial charge in [0.25, 0.3) is 5.91 Å². The van der Waals surface area contributed by atoms with Gasteiger partial charge in [-0.15, -0.1) is 0 Å². The Hall–Kier alpha value is -2.50. The van der Waals surface area contributed by atoms with Crippen molar-refractivity contribution in [3.05, 3.63) is 48.0 Å². The van der Waals surface area contributed by atoms with E-state index in [4.69, 9.17) is 0 Å². The minimum absolute atomic E-state index is 0.215. The molecule has 2 rings (SSSR count). The zero-order valence-electron chi connectivity index (χ0n) is 11.9. The molecule has 22 heavy (non-hydrogen) atoms. The number of methoxy groups -OCH3 is 1. The number of hydrogen-bond donors (Lipinski definition) is 1. The van der Waals surface area contributed by atoms with E-state index in [2.05, 4.69) is 10.1 Å². The number of halogens is 2. The molecule has 0 aliphatic heterocycles. The van der Waals surface area contributed by atoms with Crippen LogP contribution in [0.15, 0.2) is 42.5 Å². The molecule has 116 valence electrons. The third kappa shape index (κ3) is 3.78. The number of carbonyl (C=O) groups is 2. The lowest BCUT2D eigenvalue weighted by Crippen LogP contribution is -2.34. The topological polar surface area (TPSA) is 55.4 Å². The minimum atomic E-state index is -3.14. The first kappa shape index (κ1) is 15.9. The van der Waals surface area contributed by atoms with Gasteiger partial charge in [-0.05, 0) is 22.4 Å². The highest BCUT2D eigenvalue weighted by atomic mass is 19.3. The van der Waals surface area contributed by atoms with Crippen molar-refractivity contribution >= 4 is 22.6 Å². The molecule has 0 aromatic heterocycles. The van der Waals surface area contributed by atoms with Crippen molar-refractivity contribution in [2.24, 2.45) is 0 Å². The summed E-state index contributed by atoms with van der Waals surface area (Å²) in [5, 5.41) is 4.04. The molecule has 0 bridgehead atoms. The van der Waals surface area contributed by atoms with Gasteiger partial charge in [-0.2, -0.15) is 8.78 Å². The van der Waals surface area contributed by atoms with Gasteiger partial charge in [0.15, 0.2) is 0 Å². The summed E-state index contributed by atoms with van der Waals surface area (Å²) in [4.78, 5) is 22.7. The number of alkyl halides is 2. The number of ether oxygens (including phenoxy) is 1. The third-order valence-electron chi connectivity index (χ3n) is 3.29. The van der Waals surface area contributed by atoms with Crippen molar-refractivity contribution in [1.82, 2.24) is 5.32 Å². The SMILES string of the molecule is COC(=O)C[C@H](NC(=O)C(F)F)c1ccc2ccccc2c1. The zero-order chi connectivity index (χ0) is 16.1. The Morgan fingerprint density at radius 3 is 2.45 bits per heavy atom. The molecule has 0 saturated heterocycles. The number of nitrogens with one attached hydrogen (secondary N) is 1. The smallest absolute Gasteiger partial charge is 0.315 e. The zero-order valence-corrected chi connectivity index (χ0v) is 11.9. The minimum Gasteiger partial charge on any atom is -0.469 e. The van der Waals surface area contributed by atoms with E-state index < -0.39 is 24.3 Å². The summed E-state index contributed by atoms with van der Waals surface area (Å²) in [6.45, 7) is 0. The summed E-state index contributed by atoms with van der Waals surface area (Å²) in [6.07, 6.45) is -3.35. The van der Waals surface area contributed by atoms with Crippen LogP contribution in [0.1, 0.15) is 18.0 Å². The molecule has 0 aliphatic carbocycles. The molecule has 0 radical (unpaired) electrons. The lowest BCUT2D eigenvalue weighted by atomic mass is 9.99. The number of rotatable bonds is 5. The van der Waals surface area contributed by atoms with Gasteiger partial charge >= 0.3 is 12.4 Å². The highest BCUT2D eigenvalue weighted by molar-refractivity contribution is 5.84. The largest absolute Gasteiger partial charge is 0.469 e. The molecule has 6 heteroatoms. The summed E-state index contributed by atoms with van der Waals surface area (Å²) in [6, 6.07) is 11.9. The van der Waals surface area contributed by atoms with Gasteiger partial charge in [-0.3, -0.25) is 9.59 Å². The standard InChI is InChI=1S/C16H15F2NO3/c1-22-14(20)9-13(19-16(21)15(17)18)12-7-6-10-4-2-3-5-11(10)8-12/h2-8,13,15H,9H2,1H3,(H,19,21)/t13-/m0/s1. The van der Waals surface area contributed by atoms with Crippen LogP contribution < -0.4 is 5.32 Å². The Bertz CT molecular complexity index is 688. The predicted molar refractivity (Wildman–Crippen MR) is 77.5 cm³/mol. The fourth-order valence-electron chi connectivity index (χ4n) is 2.16. The van der Waals surface area contributed by atoms with Crippen LogP contribution in [0.5, 0.6) is 0 Å². The van der Waals surface area contributed by atoms with Crippen LogP contribution in [0, 0.1) is 0 Å². The van der Waals surface area contributed by atoms with Crippen molar-refractivity contribution in [1.29, 1.82) is 0 Å². The molecule has 0 unspecified atom stereocenters. The number of benzene rings is 2. The molecule has 0 aliphatic rings. The molecule has 4 nitrogen and oxygen atoms in total. The maximum absolute atomic E-state index is 12.4. The van der Waals surface area contributed by atoms with Gasteiger partial charge in [-0.1, -0.05) is 36.4 Å². The van der Waals surface area contributed by atoms with Crippen molar-refractivity contribution in [3.63, 3.8) is 0 Å². The lowest BCUT2D eigenvalue weighted by Gasteiger charge is -2.18. The molecule has 1 atom stereocenters. The Morgan fingerprint density at radius 2 is 1.82 bits per heavy atom. The van der Waals surface area contributed by atoms with Gasteiger partial charge in [0.2, 0.25) is 0 Å². The summed E-state index contributed by atoms with van der Waals surface area (Å²) < 4.78 is 29.5. The highest BCUT2D eigenvalue weighted by Crippen LogP contribution is 2.23. The van der Waals surface area contributed by atoms with Crippen LogP contribution in [-0.4, -0.2) is 25.4 Å². The third-order valence-corrected chi connectivity index (χ3v) is 3.29. The summed E-state index contributed by atoms with van der Waals surface area (Å²) in [5.41, 5.74) is 0.568. The van der Waals surface area contributed by atoms with Crippen LogP contribution in [-0.2, 0) is 14.3 Å². The second-order valence-electron chi connectivity index (χ2n) is 4.75. The van der Waals surface area contributed by atoms with Gasteiger partial charge in [0.1, 0.15) is 0 Å². The van der Waals surface area contributed by atoms with Crippen LogP contribution in [0.2, 0.25) is 0 Å². The summed E-state index contributed by atoms with van der Waals surface area (Å²) >= 11 is 0. The van der Waals surface area contributed by atoms with E-state index in [1.54, 1.807) is 12.1 Å². The van der Waals surface area contributed by atoms with E-state index in [-0.39, 0.29) is 6.42 Å². The van der Waals surface area contributed by atoms with Crippen molar-refractivity contribution in [2.45, 2.75) is 18.9 Å². The van der Waals surface area contributed by atoms with E-state index in [1.807, 2.05) is 30.3 Å². The monoisotopic (exact) mass is 307 g/mol. The molecule has 0 spiro atoms. The van der Waals surface area contributed by atoms with E-state index in [0.29, 0.717) is 5.56 Å². The Labute approximate surface area is 126 Å². The molecule has 1 N–H and O–H groups in total. The predicted octanol–water partition coefficient (Wildman–Crippen LogP) is 2.83. The average Bonchev–Trinajstić information content (AvgIpc) is 2.53. The second-order valence-corrected chi connectivity index (χ2v) is 4.75. The number of esters is 1. The molecule has 0 saturated carbocycles. The molecule has 2 aromatic rings. The molecular formula is C16H15F2NO3. The first-order valence-electron chi connectivity index (χ1n) is 6.65. The molecule has 1 amide bonds. The fourth-order valence-corrected chi connectivity index (χ4v) is 2.16. The maximum Gasteiger partial charge on any atom is 0.315 e. The highest BCUT2D eigenvalue weighted by Gasteiger charge is 2.23. The van der Waals surface area contributed by atoms with E-state index in [9.17, 15) is 18.4 Å². The molecule has 0 heterocycles. The van der Waals surface area contributed by atoms with Crippen molar-refractivity contribution in [2.75, 3.05) is 7.11 Å². The number of hydrogen-bond acceptors (Lipinski definition) is 3. The maximum atomic E-state index is 12.4. The van der Waals surface area contributed by atoms with Crippen molar-refractivity contribution in [3.8, 4) is 0 Å². The molecular weight excluding hydrogens is 292 g/mol. The molecule has 2 aromatic carbocycles. The van der Waals surface area contributed by atoms with Gasteiger partial charge in [-0.25, -0.2) is 0 Å². The lowest BCUT2D eigenvalue weighted by molar-refractivity contribution is -0.141. The quantitative estimate of drug-likeness (QED) is 0.864. The fraction of sp³-hybridized carbons (Fsp3) is 0.250. The second kappa shape index (κ2) is 6.98. The van der Waals surface area contributed by atoms with Crippen molar-refractivity contribution < 1.29 is 23.1 Å². The summed E-state index contributed by atoms with van der Waals surface area (Å²) in [7, 11) is 1.20. The molecule has 0 fully saturated rings. The van der Waals surface area contributed by atoms with E-state index in [0.717, 1.165) is 10.8 Å². The Balaban J connectivity index is 2.32. The van der Waals surface area contributed by atoms with Gasteiger partial charge in [0.05, 0.1) is 19.6 Å².